The molecule has 3 aromatic carbocycles. The number of carbonyl (C=O) groups is 1. The zero-order chi connectivity index (χ0) is 26.6. The molecule has 0 saturated carbocycles. The van der Waals surface area contributed by atoms with Gasteiger partial charge in [-0.25, -0.2) is 4.68 Å². The van der Waals surface area contributed by atoms with Gasteiger partial charge in [-0.1, -0.05) is 47.7 Å². The van der Waals surface area contributed by atoms with Crippen LogP contribution >= 0.6 is 0 Å². The number of ether oxygens (including phenoxy) is 1. The van der Waals surface area contributed by atoms with E-state index in [0.717, 1.165) is 59.4 Å². The molecule has 1 N–H and O–H groups in total. The Labute approximate surface area is 223 Å². The Morgan fingerprint density at radius 1 is 1.13 bits per heavy atom. The Morgan fingerprint density at radius 3 is 2.76 bits per heavy atom. The predicted molar refractivity (Wildman–Crippen MR) is 146 cm³/mol. The van der Waals surface area contributed by atoms with E-state index in [-0.39, 0.29) is 12.0 Å². The van der Waals surface area contributed by atoms with Crippen molar-refractivity contribution in [2.75, 3.05) is 13.2 Å². The SMILES string of the molecule is Cc1c(C(c2ccc3c(c2)C(N2CCOc4ccccc4C2)CC3)C(C)(C)C(=O)O)ccc2c1nnn2C. The van der Waals surface area contributed by atoms with Crippen molar-refractivity contribution in [3.8, 4) is 5.75 Å². The molecule has 0 amide bonds. The first-order valence-corrected chi connectivity index (χ1v) is 13.4. The Balaban J connectivity index is 1.43. The van der Waals surface area contributed by atoms with Gasteiger partial charge in [-0.15, -0.1) is 5.10 Å². The summed E-state index contributed by atoms with van der Waals surface area (Å²) in [6, 6.07) is 19.3. The molecule has 0 saturated heterocycles. The average molecular weight is 511 g/mol. The third-order valence-electron chi connectivity index (χ3n) is 8.64. The number of aromatic nitrogens is 3. The molecule has 0 radical (unpaired) electrons. The number of nitrogens with zero attached hydrogens (tertiary/aromatic N) is 4. The second kappa shape index (κ2) is 9.24. The van der Waals surface area contributed by atoms with Gasteiger partial charge in [0.15, 0.2) is 0 Å². The summed E-state index contributed by atoms with van der Waals surface area (Å²) in [6.07, 6.45) is 2.08. The number of carboxylic acids is 1. The van der Waals surface area contributed by atoms with Crippen LogP contribution in [0.5, 0.6) is 5.75 Å². The molecule has 2 unspecified atom stereocenters. The Kier molecular flexibility index (Phi) is 5.99. The van der Waals surface area contributed by atoms with Gasteiger partial charge in [0.1, 0.15) is 17.9 Å². The van der Waals surface area contributed by atoms with Gasteiger partial charge in [-0.05, 0) is 73.6 Å². The van der Waals surface area contributed by atoms with Crippen LogP contribution in [0.15, 0.2) is 54.6 Å². The van der Waals surface area contributed by atoms with Gasteiger partial charge in [0.05, 0.1) is 10.9 Å². The summed E-state index contributed by atoms with van der Waals surface area (Å²) in [6.45, 7) is 8.05. The maximum Gasteiger partial charge on any atom is 0.310 e. The second-order valence-electron chi connectivity index (χ2n) is 11.3. The number of benzene rings is 3. The van der Waals surface area contributed by atoms with Gasteiger partial charge in [0.25, 0.3) is 0 Å². The zero-order valence-electron chi connectivity index (χ0n) is 22.4. The Bertz CT molecular complexity index is 1540. The van der Waals surface area contributed by atoms with E-state index in [1.165, 1.54) is 16.7 Å². The molecule has 4 aromatic rings. The van der Waals surface area contributed by atoms with Crippen molar-refractivity contribution in [3.63, 3.8) is 0 Å². The van der Waals surface area contributed by atoms with E-state index in [1.807, 2.05) is 46.0 Å². The number of aliphatic carboxylic acids is 1. The summed E-state index contributed by atoms with van der Waals surface area (Å²) in [5.41, 5.74) is 7.60. The molecule has 7 nitrogen and oxygen atoms in total. The number of fused-ring (bicyclic) bond motifs is 3. The fourth-order valence-corrected chi connectivity index (χ4v) is 6.44. The van der Waals surface area contributed by atoms with Crippen LogP contribution in [0.2, 0.25) is 0 Å². The van der Waals surface area contributed by atoms with Gasteiger partial charge < -0.3 is 9.84 Å². The first-order valence-electron chi connectivity index (χ1n) is 13.4. The number of aryl methyl sites for hydroxylation is 3. The maximum absolute atomic E-state index is 12.6. The smallest absolute Gasteiger partial charge is 0.310 e. The third-order valence-corrected chi connectivity index (χ3v) is 8.64. The van der Waals surface area contributed by atoms with E-state index in [0.29, 0.717) is 6.61 Å². The molecule has 0 spiro atoms. The largest absolute Gasteiger partial charge is 0.492 e. The van der Waals surface area contributed by atoms with Gasteiger partial charge >= 0.3 is 5.97 Å². The lowest BCUT2D eigenvalue weighted by atomic mass is 9.69. The van der Waals surface area contributed by atoms with Gasteiger partial charge in [0, 0.05) is 37.7 Å². The van der Waals surface area contributed by atoms with Crippen LogP contribution in [0.3, 0.4) is 0 Å². The molecular formula is C31H34N4O3. The highest BCUT2D eigenvalue weighted by molar-refractivity contribution is 5.81. The molecular weight excluding hydrogens is 476 g/mol. The zero-order valence-corrected chi connectivity index (χ0v) is 22.4. The summed E-state index contributed by atoms with van der Waals surface area (Å²) in [5, 5.41) is 18.9. The van der Waals surface area contributed by atoms with Crippen LogP contribution in [0.25, 0.3) is 11.0 Å². The molecule has 2 atom stereocenters. The third kappa shape index (κ3) is 3.97. The molecule has 0 bridgehead atoms. The first-order chi connectivity index (χ1) is 18.3. The topological polar surface area (TPSA) is 80.5 Å². The highest BCUT2D eigenvalue weighted by atomic mass is 16.5. The van der Waals surface area contributed by atoms with Crippen molar-refractivity contribution >= 4 is 17.0 Å². The van der Waals surface area contributed by atoms with E-state index < -0.39 is 11.4 Å². The highest BCUT2D eigenvalue weighted by Crippen LogP contribution is 2.46. The number of hydrogen-bond acceptors (Lipinski definition) is 5. The van der Waals surface area contributed by atoms with Crippen molar-refractivity contribution in [3.05, 3.63) is 88.0 Å². The van der Waals surface area contributed by atoms with Crippen molar-refractivity contribution in [1.29, 1.82) is 0 Å². The van der Waals surface area contributed by atoms with E-state index in [9.17, 15) is 9.90 Å². The summed E-state index contributed by atoms with van der Waals surface area (Å²) in [4.78, 5) is 15.2. The molecule has 38 heavy (non-hydrogen) atoms. The molecule has 0 fully saturated rings. The molecule has 1 aromatic heterocycles. The van der Waals surface area contributed by atoms with Crippen molar-refractivity contribution in [1.82, 2.24) is 19.9 Å². The van der Waals surface area contributed by atoms with Crippen molar-refractivity contribution in [2.24, 2.45) is 12.5 Å². The van der Waals surface area contributed by atoms with Crippen LogP contribution in [-0.4, -0.2) is 44.1 Å². The lowest BCUT2D eigenvalue weighted by Crippen LogP contribution is -2.33. The Hall–Kier alpha value is -3.71. The van der Waals surface area contributed by atoms with Crippen LogP contribution in [0, 0.1) is 12.3 Å². The number of para-hydroxylation sites is 1. The number of rotatable bonds is 5. The van der Waals surface area contributed by atoms with Gasteiger partial charge in [-0.2, -0.15) is 0 Å². The molecule has 6 rings (SSSR count). The minimum absolute atomic E-state index is 0.275. The van der Waals surface area contributed by atoms with Crippen molar-refractivity contribution < 1.29 is 14.6 Å². The van der Waals surface area contributed by atoms with Crippen LogP contribution in [0.4, 0.5) is 0 Å². The van der Waals surface area contributed by atoms with E-state index in [1.54, 1.807) is 4.68 Å². The summed E-state index contributed by atoms with van der Waals surface area (Å²) in [5.74, 6) is -0.189. The lowest BCUT2D eigenvalue weighted by Gasteiger charge is -2.33. The summed E-state index contributed by atoms with van der Waals surface area (Å²) >= 11 is 0. The van der Waals surface area contributed by atoms with Gasteiger partial charge in [-0.3, -0.25) is 9.69 Å². The molecule has 2 aliphatic rings. The number of carboxylic acid groups (broad SMARTS) is 1. The lowest BCUT2D eigenvalue weighted by molar-refractivity contribution is -0.147. The van der Waals surface area contributed by atoms with E-state index >= 15 is 0 Å². The molecule has 7 heteroatoms. The molecule has 196 valence electrons. The summed E-state index contributed by atoms with van der Waals surface area (Å²) < 4.78 is 7.80. The molecule has 2 heterocycles. The first kappa shape index (κ1) is 24.6. The molecule has 1 aliphatic heterocycles. The summed E-state index contributed by atoms with van der Waals surface area (Å²) in [7, 11) is 1.88. The fraction of sp³-hybridized carbons (Fsp3) is 0.387. The molecule has 1 aliphatic carbocycles. The standard InChI is InChI=1S/C31H34N4O3/c1-19-23(12-14-26-29(19)32-33-34(26)4)28(31(2,3)30(36)37)21-10-9-20-11-13-25(24(20)17-21)35-15-16-38-27-8-6-5-7-22(27)18-35/h5-10,12,14,17,25,28H,11,13,15-16,18H2,1-4H3,(H,36,37). The minimum atomic E-state index is -1.03. The van der Waals surface area contributed by atoms with Crippen molar-refractivity contribution in [2.45, 2.75) is 52.1 Å². The minimum Gasteiger partial charge on any atom is -0.492 e. The van der Waals surface area contributed by atoms with E-state index in [4.69, 9.17) is 4.74 Å². The van der Waals surface area contributed by atoms with Gasteiger partial charge in [0.2, 0.25) is 0 Å². The maximum atomic E-state index is 12.6. The Morgan fingerprint density at radius 2 is 1.95 bits per heavy atom. The quantitative estimate of drug-likeness (QED) is 0.387. The monoisotopic (exact) mass is 510 g/mol. The van der Waals surface area contributed by atoms with Crippen LogP contribution < -0.4 is 4.74 Å². The average Bonchev–Trinajstić information content (AvgIpc) is 3.42. The normalized spacial score (nSPS) is 18.5. The second-order valence-corrected chi connectivity index (χ2v) is 11.3. The number of hydrogen-bond donors (Lipinski definition) is 1. The fourth-order valence-electron chi connectivity index (χ4n) is 6.44. The van der Waals surface area contributed by atoms with Crippen LogP contribution in [-0.2, 0) is 24.8 Å². The van der Waals surface area contributed by atoms with Crippen LogP contribution in [0.1, 0.15) is 65.6 Å². The van der Waals surface area contributed by atoms with E-state index in [2.05, 4.69) is 51.6 Å². The highest BCUT2D eigenvalue weighted by Gasteiger charge is 2.41. The predicted octanol–water partition coefficient (Wildman–Crippen LogP) is 5.40.